The standard InChI is InChI=1S/C28H37N3O2/c1-20(2)21-7-9-22(10-8-21)28(33,26(3)17-30(4)18-26)23-13-24(16-29-15-23)31-19-27(14-25(31)32)11-5-6-12-27/h7-10,13,15-16,20,33H,5-6,11-12,14,17-19H2,1-4H3/t28-/m0/s1. The Morgan fingerprint density at radius 2 is 1.70 bits per heavy atom. The van der Waals surface area contributed by atoms with E-state index in [1.54, 1.807) is 12.4 Å². The Morgan fingerprint density at radius 1 is 1.03 bits per heavy atom. The van der Waals surface area contributed by atoms with E-state index in [0.717, 1.165) is 49.3 Å². The van der Waals surface area contributed by atoms with Crippen molar-refractivity contribution < 1.29 is 9.90 Å². The van der Waals surface area contributed by atoms with Gasteiger partial charge in [0.05, 0.1) is 11.9 Å². The number of pyridine rings is 1. The molecule has 33 heavy (non-hydrogen) atoms. The first kappa shape index (κ1) is 22.5. The molecule has 5 heteroatoms. The third-order valence-electron chi connectivity index (χ3n) is 8.54. The van der Waals surface area contributed by atoms with Gasteiger partial charge in [0.25, 0.3) is 0 Å². The Balaban J connectivity index is 1.54. The lowest BCUT2D eigenvalue weighted by Gasteiger charge is -2.56. The highest BCUT2D eigenvalue weighted by Crippen LogP contribution is 2.51. The van der Waals surface area contributed by atoms with Crippen molar-refractivity contribution >= 4 is 11.6 Å². The molecule has 5 nitrogen and oxygen atoms in total. The number of aromatic nitrogens is 1. The van der Waals surface area contributed by atoms with Crippen molar-refractivity contribution in [1.29, 1.82) is 0 Å². The van der Waals surface area contributed by atoms with Gasteiger partial charge < -0.3 is 14.9 Å². The van der Waals surface area contributed by atoms with Crippen LogP contribution in [0.25, 0.3) is 0 Å². The van der Waals surface area contributed by atoms with Gasteiger partial charge in [-0.3, -0.25) is 9.78 Å². The quantitative estimate of drug-likeness (QED) is 0.722. The molecule has 5 rings (SSSR count). The minimum Gasteiger partial charge on any atom is -0.380 e. The molecule has 1 amide bonds. The SMILES string of the molecule is CC(C)c1ccc([C@](O)(c2cncc(N3CC4(CCCC4)CC3=O)c2)C2(C)CN(C)C2)cc1. The molecule has 1 aromatic heterocycles. The molecule has 0 bridgehead atoms. The van der Waals surface area contributed by atoms with Gasteiger partial charge in [-0.1, -0.05) is 57.9 Å². The number of aliphatic hydroxyl groups is 1. The van der Waals surface area contributed by atoms with Crippen LogP contribution in [0.15, 0.2) is 42.7 Å². The normalized spacial score (nSPS) is 23.8. The summed E-state index contributed by atoms with van der Waals surface area (Å²) in [4.78, 5) is 21.7. The van der Waals surface area contributed by atoms with Gasteiger partial charge in [-0.2, -0.15) is 0 Å². The Kier molecular flexibility index (Phi) is 5.41. The first-order valence-corrected chi connectivity index (χ1v) is 12.4. The van der Waals surface area contributed by atoms with Crippen LogP contribution in [0.4, 0.5) is 5.69 Å². The summed E-state index contributed by atoms with van der Waals surface area (Å²) in [5.74, 6) is 0.627. The van der Waals surface area contributed by atoms with E-state index in [-0.39, 0.29) is 16.7 Å². The molecule has 2 aromatic rings. The van der Waals surface area contributed by atoms with Gasteiger partial charge in [0, 0.05) is 43.2 Å². The van der Waals surface area contributed by atoms with E-state index in [4.69, 9.17) is 0 Å². The summed E-state index contributed by atoms with van der Waals surface area (Å²) in [5, 5.41) is 12.4. The van der Waals surface area contributed by atoms with Crippen LogP contribution in [0.3, 0.4) is 0 Å². The van der Waals surface area contributed by atoms with Gasteiger partial charge in [-0.25, -0.2) is 0 Å². The van der Waals surface area contributed by atoms with E-state index < -0.39 is 5.60 Å². The lowest BCUT2D eigenvalue weighted by molar-refractivity contribution is -0.127. The topological polar surface area (TPSA) is 56.7 Å². The largest absolute Gasteiger partial charge is 0.380 e. The summed E-state index contributed by atoms with van der Waals surface area (Å²) in [5.41, 5.74) is 2.34. The van der Waals surface area contributed by atoms with Crippen LogP contribution in [0.1, 0.15) is 75.5 Å². The van der Waals surface area contributed by atoms with Crippen molar-refractivity contribution in [1.82, 2.24) is 9.88 Å². The fourth-order valence-electron chi connectivity index (χ4n) is 6.71. The zero-order valence-corrected chi connectivity index (χ0v) is 20.5. The molecule has 2 saturated heterocycles. The Bertz CT molecular complexity index is 1040. The van der Waals surface area contributed by atoms with Crippen molar-refractivity contribution in [2.45, 2.75) is 64.4 Å². The van der Waals surface area contributed by atoms with Crippen molar-refractivity contribution in [2.24, 2.45) is 10.8 Å². The summed E-state index contributed by atoms with van der Waals surface area (Å²) in [6.45, 7) is 8.89. The fourth-order valence-corrected chi connectivity index (χ4v) is 6.71. The van der Waals surface area contributed by atoms with E-state index in [2.05, 4.69) is 62.0 Å². The smallest absolute Gasteiger partial charge is 0.227 e. The summed E-state index contributed by atoms with van der Waals surface area (Å²) in [6.07, 6.45) is 8.93. The van der Waals surface area contributed by atoms with E-state index in [0.29, 0.717) is 12.3 Å². The van der Waals surface area contributed by atoms with Crippen LogP contribution in [-0.4, -0.2) is 47.6 Å². The average molecular weight is 448 g/mol. The molecule has 1 atom stereocenters. The Labute approximate surface area is 197 Å². The van der Waals surface area contributed by atoms with Gasteiger partial charge >= 0.3 is 0 Å². The van der Waals surface area contributed by atoms with E-state index in [1.807, 2.05) is 11.0 Å². The Morgan fingerprint density at radius 3 is 2.30 bits per heavy atom. The van der Waals surface area contributed by atoms with Crippen molar-refractivity contribution in [2.75, 3.05) is 31.6 Å². The molecule has 1 saturated carbocycles. The van der Waals surface area contributed by atoms with Crippen LogP contribution in [0.2, 0.25) is 0 Å². The molecule has 3 heterocycles. The number of carbonyl (C=O) groups is 1. The molecule has 176 valence electrons. The Hall–Kier alpha value is -2.24. The maximum atomic E-state index is 13.0. The average Bonchev–Trinajstić information content (AvgIpc) is 3.37. The van der Waals surface area contributed by atoms with Crippen LogP contribution < -0.4 is 4.90 Å². The number of carbonyl (C=O) groups excluding carboxylic acids is 1. The molecule has 1 spiro atoms. The molecule has 0 radical (unpaired) electrons. The van der Waals surface area contributed by atoms with Crippen LogP contribution in [-0.2, 0) is 10.4 Å². The van der Waals surface area contributed by atoms with E-state index in [9.17, 15) is 9.90 Å². The van der Waals surface area contributed by atoms with Gasteiger partial charge in [-0.15, -0.1) is 0 Å². The number of benzene rings is 1. The summed E-state index contributed by atoms with van der Waals surface area (Å²) in [6, 6.07) is 10.4. The maximum Gasteiger partial charge on any atom is 0.227 e. The number of rotatable bonds is 5. The first-order valence-electron chi connectivity index (χ1n) is 12.4. The van der Waals surface area contributed by atoms with Crippen LogP contribution >= 0.6 is 0 Å². The highest BCUT2D eigenvalue weighted by atomic mass is 16.3. The molecular formula is C28H37N3O2. The molecule has 3 aliphatic rings. The first-order chi connectivity index (χ1) is 15.7. The third-order valence-corrected chi connectivity index (χ3v) is 8.54. The molecular weight excluding hydrogens is 410 g/mol. The van der Waals surface area contributed by atoms with Crippen molar-refractivity contribution in [3.63, 3.8) is 0 Å². The van der Waals surface area contributed by atoms with Gasteiger partial charge in [0.1, 0.15) is 5.60 Å². The number of likely N-dealkylation sites (tertiary alicyclic amines) is 1. The second-order valence-corrected chi connectivity index (χ2v) is 11.5. The zero-order chi connectivity index (χ0) is 23.4. The number of hydrogen-bond acceptors (Lipinski definition) is 4. The van der Waals surface area contributed by atoms with Gasteiger partial charge in [-0.05, 0) is 48.4 Å². The third kappa shape index (κ3) is 3.60. The molecule has 1 aromatic carbocycles. The molecule has 3 fully saturated rings. The highest BCUT2D eigenvalue weighted by Gasteiger charge is 2.55. The monoisotopic (exact) mass is 447 g/mol. The maximum absolute atomic E-state index is 13.0. The predicted molar refractivity (Wildman–Crippen MR) is 131 cm³/mol. The number of anilines is 1. The summed E-state index contributed by atoms with van der Waals surface area (Å²) < 4.78 is 0. The summed E-state index contributed by atoms with van der Waals surface area (Å²) >= 11 is 0. The number of nitrogens with zero attached hydrogens (tertiary/aromatic N) is 3. The minimum atomic E-state index is -1.19. The van der Waals surface area contributed by atoms with E-state index in [1.165, 1.54) is 18.4 Å². The lowest BCUT2D eigenvalue weighted by Crippen LogP contribution is -2.63. The van der Waals surface area contributed by atoms with Crippen LogP contribution in [0, 0.1) is 10.8 Å². The predicted octanol–water partition coefficient (Wildman–Crippen LogP) is 4.69. The highest BCUT2D eigenvalue weighted by molar-refractivity contribution is 5.96. The number of amides is 1. The lowest BCUT2D eigenvalue weighted by atomic mass is 9.62. The van der Waals surface area contributed by atoms with Crippen molar-refractivity contribution in [3.05, 3.63) is 59.4 Å². The second kappa shape index (κ2) is 7.92. The molecule has 0 unspecified atom stereocenters. The van der Waals surface area contributed by atoms with Gasteiger partial charge in [0.2, 0.25) is 5.91 Å². The van der Waals surface area contributed by atoms with Crippen molar-refractivity contribution in [3.8, 4) is 0 Å². The van der Waals surface area contributed by atoms with Gasteiger partial charge in [0.15, 0.2) is 0 Å². The van der Waals surface area contributed by atoms with Crippen LogP contribution in [0.5, 0.6) is 0 Å². The second-order valence-electron chi connectivity index (χ2n) is 11.5. The summed E-state index contributed by atoms with van der Waals surface area (Å²) in [7, 11) is 2.09. The van der Waals surface area contributed by atoms with E-state index >= 15 is 0 Å². The fraction of sp³-hybridized carbons (Fsp3) is 0.571. The minimum absolute atomic E-state index is 0.138. The molecule has 1 N–H and O–H groups in total. The molecule has 1 aliphatic carbocycles. The zero-order valence-electron chi connectivity index (χ0n) is 20.5. The number of hydrogen-bond donors (Lipinski definition) is 1. The molecule has 2 aliphatic heterocycles.